The summed E-state index contributed by atoms with van der Waals surface area (Å²) in [5.41, 5.74) is 1.11. The molecule has 3 rings (SSSR count). The second-order valence-corrected chi connectivity index (χ2v) is 6.39. The van der Waals surface area contributed by atoms with Gasteiger partial charge in [0.2, 0.25) is 0 Å². The average Bonchev–Trinajstić information content (AvgIpc) is 3.26. The smallest absolute Gasteiger partial charge is 0.191 e. The van der Waals surface area contributed by atoms with E-state index >= 15 is 0 Å². The summed E-state index contributed by atoms with van der Waals surface area (Å²) in [5, 5.41) is 6.95. The lowest BCUT2D eigenvalue weighted by Crippen LogP contribution is -2.45. The van der Waals surface area contributed by atoms with E-state index in [9.17, 15) is 0 Å². The van der Waals surface area contributed by atoms with Crippen LogP contribution in [0.3, 0.4) is 0 Å². The fraction of sp³-hybridized carbons (Fsp3) is 0.706. The molecule has 0 radical (unpaired) electrons. The summed E-state index contributed by atoms with van der Waals surface area (Å²) in [4.78, 5) is 7.33. The van der Waals surface area contributed by atoms with Crippen molar-refractivity contribution < 1.29 is 4.42 Å². The monoisotopic (exact) mass is 304 g/mol. The first kappa shape index (κ1) is 15.4. The Balaban J connectivity index is 1.51. The quantitative estimate of drug-likeness (QED) is 0.648. The van der Waals surface area contributed by atoms with Gasteiger partial charge in [0, 0.05) is 37.3 Å². The maximum atomic E-state index is 5.09. The third kappa shape index (κ3) is 4.03. The van der Waals surface area contributed by atoms with Crippen molar-refractivity contribution >= 4 is 5.96 Å². The van der Waals surface area contributed by atoms with E-state index in [1.165, 1.54) is 38.6 Å². The van der Waals surface area contributed by atoms with Gasteiger partial charge in [0.25, 0.3) is 0 Å². The molecule has 1 unspecified atom stereocenters. The van der Waals surface area contributed by atoms with Crippen molar-refractivity contribution in [2.75, 3.05) is 19.6 Å². The molecule has 1 saturated carbocycles. The second kappa shape index (κ2) is 7.68. The number of nitrogens with one attached hydrogen (secondary N) is 2. The van der Waals surface area contributed by atoms with Gasteiger partial charge >= 0.3 is 0 Å². The lowest BCUT2D eigenvalue weighted by molar-refractivity contribution is 0.242. The summed E-state index contributed by atoms with van der Waals surface area (Å²) in [6, 6.07) is 3.31. The number of nitrogens with zero attached hydrogens (tertiary/aromatic N) is 2. The van der Waals surface area contributed by atoms with Gasteiger partial charge in [-0.05, 0) is 32.3 Å². The van der Waals surface area contributed by atoms with Crippen LogP contribution in [0, 0.1) is 0 Å². The van der Waals surface area contributed by atoms with Crippen molar-refractivity contribution in [1.29, 1.82) is 0 Å². The third-order valence-corrected chi connectivity index (χ3v) is 4.75. The van der Waals surface area contributed by atoms with Crippen LogP contribution in [0.1, 0.15) is 44.6 Å². The Labute approximate surface area is 133 Å². The molecule has 0 bridgehead atoms. The standard InChI is InChI=1S/C17H28N4O/c1-2-18-17(19-11-14-8-10-22-13-14)20-15-7-9-21(12-15)16-5-3-4-6-16/h8,10,13,15-16H,2-7,9,11-12H2,1H3,(H2,18,19,20). The highest BCUT2D eigenvalue weighted by atomic mass is 16.3. The molecule has 0 amide bonds. The molecule has 22 heavy (non-hydrogen) atoms. The highest BCUT2D eigenvalue weighted by Gasteiger charge is 2.30. The first-order valence-electron chi connectivity index (χ1n) is 8.65. The van der Waals surface area contributed by atoms with Crippen molar-refractivity contribution in [3.8, 4) is 0 Å². The lowest BCUT2D eigenvalue weighted by Gasteiger charge is -2.24. The Morgan fingerprint density at radius 2 is 2.23 bits per heavy atom. The number of hydrogen-bond donors (Lipinski definition) is 2. The van der Waals surface area contributed by atoms with E-state index in [-0.39, 0.29) is 0 Å². The zero-order chi connectivity index (χ0) is 15.2. The molecule has 122 valence electrons. The molecule has 2 aliphatic rings. The summed E-state index contributed by atoms with van der Waals surface area (Å²) in [6.07, 6.45) is 10.3. The first-order valence-corrected chi connectivity index (χ1v) is 8.65. The maximum Gasteiger partial charge on any atom is 0.191 e. The molecular formula is C17H28N4O. The van der Waals surface area contributed by atoms with E-state index < -0.39 is 0 Å². The first-order chi connectivity index (χ1) is 10.8. The van der Waals surface area contributed by atoms with Crippen molar-refractivity contribution in [3.63, 3.8) is 0 Å². The Morgan fingerprint density at radius 1 is 1.36 bits per heavy atom. The highest BCUT2D eigenvalue weighted by Crippen LogP contribution is 2.26. The molecule has 2 fully saturated rings. The van der Waals surface area contributed by atoms with E-state index in [0.717, 1.165) is 30.7 Å². The van der Waals surface area contributed by atoms with Gasteiger partial charge in [-0.3, -0.25) is 4.90 Å². The number of furan rings is 1. The topological polar surface area (TPSA) is 52.8 Å². The molecule has 0 aromatic carbocycles. The van der Waals surface area contributed by atoms with Crippen LogP contribution in [-0.2, 0) is 6.54 Å². The van der Waals surface area contributed by atoms with Crippen molar-refractivity contribution in [2.45, 2.75) is 57.7 Å². The average molecular weight is 304 g/mol. The molecule has 5 nitrogen and oxygen atoms in total. The van der Waals surface area contributed by atoms with E-state index in [2.05, 4.69) is 27.4 Å². The molecule has 1 saturated heterocycles. The van der Waals surface area contributed by atoms with Gasteiger partial charge in [-0.25, -0.2) is 4.99 Å². The Morgan fingerprint density at radius 3 is 2.95 bits per heavy atom. The van der Waals surface area contributed by atoms with Crippen LogP contribution in [0.15, 0.2) is 28.0 Å². The predicted octanol–water partition coefficient (Wildman–Crippen LogP) is 2.35. The van der Waals surface area contributed by atoms with E-state index in [1.807, 2.05) is 6.07 Å². The summed E-state index contributed by atoms with van der Waals surface area (Å²) >= 11 is 0. The normalized spacial score (nSPS) is 24.0. The number of hydrogen-bond acceptors (Lipinski definition) is 3. The minimum absolute atomic E-state index is 0.516. The van der Waals surface area contributed by atoms with Crippen LogP contribution in [0.5, 0.6) is 0 Å². The summed E-state index contributed by atoms with van der Waals surface area (Å²) < 4.78 is 5.09. The molecule has 1 aromatic heterocycles. The van der Waals surface area contributed by atoms with Crippen LogP contribution < -0.4 is 10.6 Å². The van der Waals surface area contributed by atoms with Gasteiger partial charge in [0.1, 0.15) is 0 Å². The van der Waals surface area contributed by atoms with Crippen LogP contribution in [0.4, 0.5) is 0 Å². The Bertz CT molecular complexity index is 465. The Kier molecular flexibility index (Phi) is 5.38. The van der Waals surface area contributed by atoms with Crippen molar-refractivity contribution in [3.05, 3.63) is 24.2 Å². The largest absolute Gasteiger partial charge is 0.472 e. The molecular weight excluding hydrogens is 276 g/mol. The molecule has 1 atom stereocenters. The second-order valence-electron chi connectivity index (χ2n) is 6.39. The predicted molar refractivity (Wildman–Crippen MR) is 88.9 cm³/mol. The van der Waals surface area contributed by atoms with E-state index in [4.69, 9.17) is 4.42 Å². The van der Waals surface area contributed by atoms with Gasteiger partial charge < -0.3 is 15.1 Å². The molecule has 5 heteroatoms. The van der Waals surface area contributed by atoms with Gasteiger partial charge in [0.05, 0.1) is 19.1 Å². The van der Waals surface area contributed by atoms with Crippen LogP contribution in [0.2, 0.25) is 0 Å². The highest BCUT2D eigenvalue weighted by molar-refractivity contribution is 5.80. The van der Waals surface area contributed by atoms with Crippen molar-refractivity contribution in [1.82, 2.24) is 15.5 Å². The minimum Gasteiger partial charge on any atom is -0.472 e. The zero-order valence-corrected chi connectivity index (χ0v) is 13.6. The van der Waals surface area contributed by atoms with Gasteiger partial charge in [-0.2, -0.15) is 0 Å². The summed E-state index contributed by atoms with van der Waals surface area (Å²) in [7, 11) is 0. The summed E-state index contributed by atoms with van der Waals surface area (Å²) in [6.45, 7) is 6.03. The fourth-order valence-electron chi connectivity index (χ4n) is 3.57. The van der Waals surface area contributed by atoms with Crippen LogP contribution in [-0.4, -0.2) is 42.6 Å². The molecule has 2 heterocycles. The summed E-state index contributed by atoms with van der Waals surface area (Å²) in [5.74, 6) is 0.918. The number of likely N-dealkylation sites (tertiary alicyclic amines) is 1. The number of rotatable bonds is 5. The van der Waals surface area contributed by atoms with Crippen LogP contribution in [0.25, 0.3) is 0 Å². The molecule has 0 spiro atoms. The molecule has 1 aromatic rings. The maximum absolute atomic E-state index is 5.09. The SMILES string of the molecule is CCNC(=NCc1ccoc1)NC1CCN(C2CCCC2)C1. The Hall–Kier alpha value is -1.49. The van der Waals surface area contributed by atoms with E-state index in [0.29, 0.717) is 12.6 Å². The van der Waals surface area contributed by atoms with Gasteiger partial charge in [-0.15, -0.1) is 0 Å². The van der Waals surface area contributed by atoms with Gasteiger partial charge in [0.15, 0.2) is 5.96 Å². The number of aliphatic imine (C=N–C) groups is 1. The number of guanidine groups is 1. The minimum atomic E-state index is 0.516. The van der Waals surface area contributed by atoms with E-state index in [1.54, 1.807) is 12.5 Å². The van der Waals surface area contributed by atoms with Gasteiger partial charge in [-0.1, -0.05) is 12.8 Å². The molecule has 2 N–H and O–H groups in total. The fourth-order valence-corrected chi connectivity index (χ4v) is 3.57. The molecule has 1 aliphatic carbocycles. The zero-order valence-electron chi connectivity index (χ0n) is 13.6. The molecule has 1 aliphatic heterocycles. The van der Waals surface area contributed by atoms with Crippen LogP contribution >= 0.6 is 0 Å². The lowest BCUT2D eigenvalue weighted by atomic mass is 10.2. The third-order valence-electron chi connectivity index (χ3n) is 4.75. The van der Waals surface area contributed by atoms with Crippen molar-refractivity contribution in [2.24, 2.45) is 4.99 Å².